The van der Waals surface area contributed by atoms with Gasteiger partial charge in [-0.3, -0.25) is 4.90 Å². The minimum absolute atomic E-state index is 0.158. The Bertz CT molecular complexity index is 419. The van der Waals surface area contributed by atoms with E-state index in [0.29, 0.717) is 30.4 Å². The molecule has 6 nitrogen and oxygen atoms in total. The molecule has 19 heavy (non-hydrogen) atoms. The van der Waals surface area contributed by atoms with Gasteiger partial charge < -0.3 is 15.0 Å². The van der Waals surface area contributed by atoms with Gasteiger partial charge in [-0.15, -0.1) is 0 Å². The average molecular weight is 268 g/mol. The second-order valence-electron chi connectivity index (χ2n) is 5.74. The van der Waals surface area contributed by atoms with E-state index >= 15 is 0 Å². The summed E-state index contributed by atoms with van der Waals surface area (Å²) in [6.07, 6.45) is 1.40. The van der Waals surface area contributed by atoms with Gasteiger partial charge in [-0.2, -0.15) is 4.98 Å². The Hall–Kier alpha value is -0.980. The van der Waals surface area contributed by atoms with Gasteiger partial charge in [0.25, 0.3) is 0 Å². The van der Waals surface area contributed by atoms with Gasteiger partial charge in [0.1, 0.15) is 0 Å². The van der Waals surface area contributed by atoms with Crippen LogP contribution in [-0.2, 0) is 17.8 Å². The predicted octanol–water partition coefficient (Wildman–Crippen LogP) is 1.16. The third-order valence-corrected chi connectivity index (χ3v) is 4.10. The lowest BCUT2D eigenvalue weighted by Gasteiger charge is -2.54. The summed E-state index contributed by atoms with van der Waals surface area (Å²) >= 11 is 0. The van der Waals surface area contributed by atoms with E-state index in [2.05, 4.69) is 35.9 Å². The van der Waals surface area contributed by atoms with Gasteiger partial charge in [-0.05, 0) is 20.4 Å². The second-order valence-corrected chi connectivity index (χ2v) is 5.74. The van der Waals surface area contributed by atoms with Crippen LogP contribution in [-0.4, -0.2) is 40.8 Å². The molecule has 1 heterocycles. The minimum Gasteiger partial charge on any atom is -0.378 e. The van der Waals surface area contributed by atoms with Crippen molar-refractivity contribution >= 4 is 0 Å². The van der Waals surface area contributed by atoms with Crippen molar-refractivity contribution in [3.8, 4) is 0 Å². The van der Waals surface area contributed by atoms with E-state index in [9.17, 15) is 0 Å². The smallest absolute Gasteiger partial charge is 0.240 e. The van der Waals surface area contributed by atoms with Crippen LogP contribution in [0.1, 0.15) is 38.9 Å². The van der Waals surface area contributed by atoms with Crippen LogP contribution in [0.5, 0.6) is 0 Å². The molecule has 108 valence electrons. The van der Waals surface area contributed by atoms with Crippen LogP contribution in [0, 0.1) is 5.41 Å². The Balaban J connectivity index is 1.92. The first-order valence-corrected chi connectivity index (χ1v) is 6.82. The van der Waals surface area contributed by atoms with Crippen molar-refractivity contribution < 1.29 is 9.26 Å². The lowest BCUT2D eigenvalue weighted by Crippen LogP contribution is -2.61. The Morgan fingerprint density at radius 3 is 2.79 bits per heavy atom. The SMILES string of the molecule is CCOC1CC(N(C)Cc2noc(CN)n2)C1(C)C. The third-order valence-electron chi connectivity index (χ3n) is 4.10. The van der Waals surface area contributed by atoms with E-state index in [1.54, 1.807) is 0 Å². The molecule has 2 rings (SSSR count). The quantitative estimate of drug-likeness (QED) is 0.834. The standard InChI is InChI=1S/C13H24N4O2/c1-5-18-10-6-9(13(10,2)3)17(4)8-11-15-12(7-14)19-16-11/h9-10H,5-8,14H2,1-4H3. The second kappa shape index (κ2) is 5.56. The van der Waals surface area contributed by atoms with Gasteiger partial charge in [0.15, 0.2) is 5.82 Å². The molecule has 6 heteroatoms. The molecule has 0 radical (unpaired) electrons. The zero-order valence-corrected chi connectivity index (χ0v) is 12.2. The van der Waals surface area contributed by atoms with E-state index in [1.165, 1.54) is 0 Å². The Labute approximate surface area is 114 Å². The molecule has 0 saturated heterocycles. The van der Waals surface area contributed by atoms with Crippen molar-refractivity contribution in [1.82, 2.24) is 15.0 Å². The number of rotatable bonds is 6. The summed E-state index contributed by atoms with van der Waals surface area (Å²) in [5.41, 5.74) is 5.62. The highest BCUT2D eigenvalue weighted by atomic mass is 16.5. The Kier molecular flexibility index (Phi) is 4.23. The molecular weight excluding hydrogens is 244 g/mol. The van der Waals surface area contributed by atoms with Gasteiger partial charge >= 0.3 is 0 Å². The van der Waals surface area contributed by atoms with Gasteiger partial charge in [-0.1, -0.05) is 19.0 Å². The van der Waals surface area contributed by atoms with Crippen molar-refractivity contribution in [3.05, 3.63) is 11.7 Å². The maximum absolute atomic E-state index is 5.75. The fourth-order valence-corrected chi connectivity index (χ4v) is 2.87. The summed E-state index contributed by atoms with van der Waals surface area (Å²) in [6, 6.07) is 0.476. The fourth-order valence-electron chi connectivity index (χ4n) is 2.87. The summed E-state index contributed by atoms with van der Waals surface area (Å²) in [7, 11) is 2.09. The molecule has 0 amide bonds. The molecule has 1 saturated carbocycles. The molecule has 2 unspecified atom stereocenters. The molecule has 0 bridgehead atoms. The van der Waals surface area contributed by atoms with E-state index in [4.69, 9.17) is 15.0 Å². The van der Waals surface area contributed by atoms with Crippen LogP contribution in [0.3, 0.4) is 0 Å². The van der Waals surface area contributed by atoms with E-state index in [0.717, 1.165) is 13.0 Å². The van der Waals surface area contributed by atoms with Gasteiger partial charge in [0.2, 0.25) is 5.89 Å². The lowest BCUT2D eigenvalue weighted by atomic mass is 9.64. The highest BCUT2D eigenvalue weighted by molar-refractivity contribution is 5.04. The van der Waals surface area contributed by atoms with E-state index < -0.39 is 0 Å². The Morgan fingerprint density at radius 2 is 2.26 bits per heavy atom. The summed E-state index contributed by atoms with van der Waals surface area (Å²) in [5, 5.41) is 3.93. The molecular formula is C13H24N4O2. The van der Waals surface area contributed by atoms with Gasteiger partial charge in [-0.25, -0.2) is 0 Å². The zero-order chi connectivity index (χ0) is 14.0. The average Bonchev–Trinajstić information content (AvgIpc) is 2.81. The Morgan fingerprint density at radius 1 is 1.53 bits per heavy atom. The molecule has 1 fully saturated rings. The van der Waals surface area contributed by atoms with Crippen molar-refractivity contribution in [3.63, 3.8) is 0 Å². The van der Waals surface area contributed by atoms with Crippen molar-refractivity contribution in [1.29, 1.82) is 0 Å². The number of aromatic nitrogens is 2. The van der Waals surface area contributed by atoms with Crippen LogP contribution in [0.15, 0.2) is 4.52 Å². The van der Waals surface area contributed by atoms with Crippen molar-refractivity contribution in [2.24, 2.45) is 11.1 Å². The first-order valence-electron chi connectivity index (χ1n) is 6.82. The number of hydrogen-bond acceptors (Lipinski definition) is 6. The largest absolute Gasteiger partial charge is 0.378 e. The topological polar surface area (TPSA) is 77.4 Å². The summed E-state index contributed by atoms with van der Waals surface area (Å²) < 4.78 is 10.8. The minimum atomic E-state index is 0.158. The predicted molar refractivity (Wildman–Crippen MR) is 71.3 cm³/mol. The van der Waals surface area contributed by atoms with Crippen molar-refractivity contribution in [2.45, 2.75) is 52.4 Å². The first kappa shape index (κ1) is 14.4. The molecule has 0 aromatic carbocycles. The lowest BCUT2D eigenvalue weighted by molar-refractivity contribution is -0.147. The maximum Gasteiger partial charge on any atom is 0.240 e. The number of nitrogens with zero attached hydrogens (tertiary/aromatic N) is 3. The first-order chi connectivity index (χ1) is 8.98. The van der Waals surface area contributed by atoms with Gasteiger partial charge in [0.05, 0.1) is 19.2 Å². The monoisotopic (exact) mass is 268 g/mol. The van der Waals surface area contributed by atoms with Crippen LogP contribution in [0.25, 0.3) is 0 Å². The summed E-state index contributed by atoms with van der Waals surface area (Å²) in [4.78, 5) is 6.50. The normalized spacial score (nSPS) is 25.6. The summed E-state index contributed by atoms with van der Waals surface area (Å²) in [5.74, 6) is 1.18. The van der Waals surface area contributed by atoms with Crippen LogP contribution >= 0.6 is 0 Å². The maximum atomic E-state index is 5.75. The number of ether oxygens (including phenoxy) is 1. The van der Waals surface area contributed by atoms with Crippen molar-refractivity contribution in [2.75, 3.05) is 13.7 Å². The molecule has 1 aliphatic rings. The zero-order valence-electron chi connectivity index (χ0n) is 12.2. The molecule has 1 aromatic rings. The van der Waals surface area contributed by atoms with E-state index in [1.807, 2.05) is 6.92 Å². The molecule has 0 aliphatic heterocycles. The fraction of sp³-hybridized carbons (Fsp3) is 0.846. The molecule has 1 aromatic heterocycles. The highest BCUT2D eigenvalue weighted by Gasteiger charge is 2.50. The van der Waals surface area contributed by atoms with Crippen LogP contribution in [0.4, 0.5) is 0 Å². The molecule has 2 N–H and O–H groups in total. The van der Waals surface area contributed by atoms with Crippen LogP contribution < -0.4 is 5.73 Å². The van der Waals surface area contributed by atoms with Gasteiger partial charge in [0, 0.05) is 18.1 Å². The number of hydrogen-bond donors (Lipinski definition) is 1. The number of nitrogens with two attached hydrogens (primary N) is 1. The third kappa shape index (κ3) is 2.80. The molecule has 0 spiro atoms. The van der Waals surface area contributed by atoms with Crippen LogP contribution in [0.2, 0.25) is 0 Å². The molecule has 2 atom stereocenters. The summed E-state index contributed by atoms with van der Waals surface area (Å²) in [6.45, 7) is 8.28. The van der Waals surface area contributed by atoms with E-state index in [-0.39, 0.29) is 12.0 Å². The molecule has 1 aliphatic carbocycles. The highest BCUT2D eigenvalue weighted by Crippen LogP contribution is 2.45.